The van der Waals surface area contributed by atoms with Crippen LogP contribution in [0.3, 0.4) is 0 Å². The highest BCUT2D eigenvalue weighted by atomic mass is 32.1. The van der Waals surface area contributed by atoms with Gasteiger partial charge in [0.15, 0.2) is 5.13 Å². The molecule has 1 atom stereocenters. The lowest BCUT2D eigenvalue weighted by Gasteiger charge is -2.40. The first kappa shape index (κ1) is 19.4. The summed E-state index contributed by atoms with van der Waals surface area (Å²) in [6.07, 6.45) is 4.51. The van der Waals surface area contributed by atoms with Crippen molar-refractivity contribution in [3.63, 3.8) is 0 Å². The van der Waals surface area contributed by atoms with Crippen LogP contribution in [0.25, 0.3) is 0 Å². The van der Waals surface area contributed by atoms with Crippen molar-refractivity contribution in [2.24, 2.45) is 0 Å². The standard InChI is InChI=1S/C22H30N4OS/c1-4-23-22-24-15(2)20(28-22)21(27)25(3)18-10-7-11-26(14-18)19-12-16-8-5-6-9-17(16)13-19/h5-6,8-9,18-19H,4,7,10-14H2,1-3H3,(H,23,24)/t18-/m0/s1. The molecule has 1 saturated heterocycles. The number of benzene rings is 1. The van der Waals surface area contributed by atoms with E-state index >= 15 is 0 Å². The molecule has 0 bridgehead atoms. The first-order valence-electron chi connectivity index (χ1n) is 10.4. The summed E-state index contributed by atoms with van der Waals surface area (Å²) in [6, 6.07) is 9.67. The third-order valence-electron chi connectivity index (χ3n) is 6.16. The lowest BCUT2D eigenvalue weighted by molar-refractivity contribution is 0.0559. The number of aryl methyl sites for hydroxylation is 1. The lowest BCUT2D eigenvalue weighted by atomic mass is 10.0. The Kier molecular flexibility index (Phi) is 5.69. The van der Waals surface area contributed by atoms with E-state index in [0.29, 0.717) is 6.04 Å². The molecule has 1 aromatic carbocycles. The summed E-state index contributed by atoms with van der Waals surface area (Å²) >= 11 is 1.48. The average molecular weight is 399 g/mol. The highest BCUT2D eigenvalue weighted by Crippen LogP contribution is 2.29. The molecule has 2 heterocycles. The second kappa shape index (κ2) is 8.21. The molecule has 0 radical (unpaired) electrons. The molecule has 1 N–H and O–H groups in total. The Labute approximate surface area is 171 Å². The molecule has 2 aliphatic rings. The van der Waals surface area contributed by atoms with Crippen molar-refractivity contribution in [2.45, 2.75) is 51.6 Å². The highest BCUT2D eigenvalue weighted by molar-refractivity contribution is 7.17. The topological polar surface area (TPSA) is 48.5 Å². The summed E-state index contributed by atoms with van der Waals surface area (Å²) < 4.78 is 0. The lowest BCUT2D eigenvalue weighted by Crippen LogP contribution is -2.51. The average Bonchev–Trinajstić information content (AvgIpc) is 3.30. The summed E-state index contributed by atoms with van der Waals surface area (Å²) in [5, 5.41) is 4.06. The summed E-state index contributed by atoms with van der Waals surface area (Å²) in [5.41, 5.74) is 3.82. The van der Waals surface area contributed by atoms with Crippen LogP contribution in [0.4, 0.5) is 5.13 Å². The fourth-order valence-corrected chi connectivity index (χ4v) is 5.59. The number of piperidine rings is 1. The number of aromatic nitrogens is 1. The van der Waals surface area contributed by atoms with Gasteiger partial charge in [-0.05, 0) is 57.2 Å². The second-order valence-corrected chi connectivity index (χ2v) is 9.00. The van der Waals surface area contributed by atoms with Gasteiger partial charge in [-0.1, -0.05) is 35.6 Å². The Morgan fingerprint density at radius 2 is 2.04 bits per heavy atom. The monoisotopic (exact) mass is 398 g/mol. The van der Waals surface area contributed by atoms with Gasteiger partial charge in [0, 0.05) is 32.2 Å². The van der Waals surface area contributed by atoms with Crippen LogP contribution in [-0.2, 0) is 12.8 Å². The van der Waals surface area contributed by atoms with Crippen LogP contribution in [-0.4, -0.2) is 59.5 Å². The van der Waals surface area contributed by atoms with E-state index < -0.39 is 0 Å². The van der Waals surface area contributed by atoms with Gasteiger partial charge in [-0.15, -0.1) is 0 Å². The molecule has 1 aromatic heterocycles. The number of hydrogen-bond acceptors (Lipinski definition) is 5. The minimum Gasteiger partial charge on any atom is -0.362 e. The van der Waals surface area contributed by atoms with Crippen LogP contribution in [0, 0.1) is 6.92 Å². The van der Waals surface area contributed by atoms with Gasteiger partial charge in [0.25, 0.3) is 5.91 Å². The van der Waals surface area contributed by atoms with E-state index in [2.05, 4.69) is 39.5 Å². The third kappa shape index (κ3) is 3.80. The molecule has 0 saturated carbocycles. The zero-order chi connectivity index (χ0) is 19.7. The maximum Gasteiger partial charge on any atom is 0.265 e. The Balaban J connectivity index is 1.42. The van der Waals surface area contributed by atoms with Crippen molar-refractivity contribution in [1.29, 1.82) is 0 Å². The van der Waals surface area contributed by atoms with Gasteiger partial charge < -0.3 is 10.2 Å². The van der Waals surface area contributed by atoms with Gasteiger partial charge in [-0.3, -0.25) is 9.69 Å². The third-order valence-corrected chi connectivity index (χ3v) is 7.26. The van der Waals surface area contributed by atoms with E-state index in [9.17, 15) is 4.79 Å². The van der Waals surface area contributed by atoms with Crippen LogP contribution in [0.15, 0.2) is 24.3 Å². The molecule has 1 amide bonds. The first-order chi connectivity index (χ1) is 13.6. The zero-order valence-electron chi connectivity index (χ0n) is 17.1. The Morgan fingerprint density at radius 1 is 1.32 bits per heavy atom. The molecule has 5 nitrogen and oxygen atoms in total. The fraction of sp³-hybridized carbons (Fsp3) is 0.545. The van der Waals surface area contributed by atoms with Crippen molar-refractivity contribution in [3.05, 3.63) is 46.0 Å². The summed E-state index contributed by atoms with van der Waals surface area (Å²) in [7, 11) is 1.96. The molecular formula is C22H30N4OS. The molecule has 1 aliphatic carbocycles. The summed E-state index contributed by atoms with van der Waals surface area (Å²) in [4.78, 5) is 23.0. The first-order valence-corrected chi connectivity index (χ1v) is 11.2. The quantitative estimate of drug-likeness (QED) is 0.836. The van der Waals surface area contributed by atoms with Crippen LogP contribution in [0.5, 0.6) is 0 Å². The van der Waals surface area contributed by atoms with Crippen LogP contribution in [0.1, 0.15) is 46.3 Å². The minimum atomic E-state index is 0.112. The molecule has 1 fully saturated rings. The molecule has 4 rings (SSSR count). The molecule has 6 heteroatoms. The van der Waals surface area contributed by atoms with E-state index in [1.54, 1.807) is 0 Å². The van der Waals surface area contributed by atoms with Crippen molar-refractivity contribution in [3.8, 4) is 0 Å². The molecule has 1 aliphatic heterocycles. The maximum atomic E-state index is 13.1. The molecular weight excluding hydrogens is 368 g/mol. The number of hydrogen-bond donors (Lipinski definition) is 1. The van der Waals surface area contributed by atoms with E-state index in [4.69, 9.17) is 0 Å². The molecule has 28 heavy (non-hydrogen) atoms. The van der Waals surface area contributed by atoms with Gasteiger partial charge in [-0.25, -0.2) is 4.98 Å². The second-order valence-electron chi connectivity index (χ2n) is 8.00. The predicted molar refractivity (Wildman–Crippen MR) is 115 cm³/mol. The van der Waals surface area contributed by atoms with E-state index in [-0.39, 0.29) is 11.9 Å². The van der Waals surface area contributed by atoms with Gasteiger partial charge in [0.05, 0.1) is 5.69 Å². The van der Waals surface area contributed by atoms with Crippen LogP contribution < -0.4 is 5.32 Å². The highest BCUT2D eigenvalue weighted by Gasteiger charge is 2.33. The predicted octanol–water partition coefficient (Wildman–Crippen LogP) is 3.59. The smallest absolute Gasteiger partial charge is 0.265 e. The minimum absolute atomic E-state index is 0.112. The van der Waals surface area contributed by atoms with E-state index in [1.165, 1.54) is 22.5 Å². The van der Waals surface area contributed by atoms with Crippen molar-refractivity contribution in [1.82, 2.24) is 14.8 Å². The summed E-state index contributed by atoms with van der Waals surface area (Å²) in [5.74, 6) is 0.112. The van der Waals surface area contributed by atoms with Crippen LogP contribution in [0.2, 0.25) is 0 Å². The largest absolute Gasteiger partial charge is 0.362 e. The number of nitrogens with one attached hydrogen (secondary N) is 1. The molecule has 0 unspecified atom stereocenters. The number of amides is 1. The number of rotatable bonds is 5. The van der Waals surface area contributed by atoms with E-state index in [0.717, 1.165) is 61.0 Å². The van der Waals surface area contributed by atoms with Crippen LogP contribution >= 0.6 is 11.3 Å². The molecule has 150 valence electrons. The number of likely N-dealkylation sites (tertiary alicyclic amines) is 1. The maximum absolute atomic E-state index is 13.1. The number of thiazole rings is 1. The van der Waals surface area contributed by atoms with Gasteiger partial charge in [-0.2, -0.15) is 0 Å². The Bertz CT molecular complexity index is 824. The summed E-state index contributed by atoms with van der Waals surface area (Å²) in [6.45, 7) is 6.90. The zero-order valence-corrected chi connectivity index (χ0v) is 17.9. The SMILES string of the molecule is CCNc1nc(C)c(C(=O)N(C)[C@H]2CCCN(C3Cc4ccccc4C3)C2)s1. The number of nitrogens with zero attached hydrogens (tertiary/aromatic N) is 3. The molecule has 2 aromatic rings. The number of anilines is 1. The van der Waals surface area contributed by atoms with Gasteiger partial charge in [0.1, 0.15) is 4.88 Å². The molecule has 0 spiro atoms. The number of likely N-dealkylation sites (N-methyl/N-ethyl adjacent to an activating group) is 1. The Hall–Kier alpha value is -1.92. The Morgan fingerprint density at radius 3 is 2.71 bits per heavy atom. The number of carbonyl (C=O) groups is 1. The number of fused-ring (bicyclic) bond motifs is 1. The fourth-order valence-electron chi connectivity index (χ4n) is 4.57. The van der Waals surface area contributed by atoms with E-state index in [1.807, 2.05) is 25.8 Å². The normalized spacial score (nSPS) is 20.2. The van der Waals surface area contributed by atoms with Gasteiger partial charge in [0.2, 0.25) is 0 Å². The van der Waals surface area contributed by atoms with Crippen molar-refractivity contribution >= 4 is 22.4 Å². The van der Waals surface area contributed by atoms with Gasteiger partial charge >= 0.3 is 0 Å². The number of carbonyl (C=O) groups excluding carboxylic acids is 1. The van der Waals surface area contributed by atoms with Crippen molar-refractivity contribution < 1.29 is 4.79 Å². The van der Waals surface area contributed by atoms with Crippen molar-refractivity contribution in [2.75, 3.05) is 32.0 Å².